The quantitative estimate of drug-likeness (QED) is 0.0171. The number of amides is 7. The average molecular weight is 919 g/mol. The second-order valence-electron chi connectivity index (χ2n) is 12.4. The number of rotatable bonds is 22. The van der Waals surface area contributed by atoms with Gasteiger partial charge in [0.2, 0.25) is 18.0 Å². The minimum Gasteiger partial charge on any atom is -0.370 e. The molecule has 7 unspecified atom stereocenters. The third-order valence-electron chi connectivity index (χ3n) is 7.46. The zero-order valence-electron chi connectivity index (χ0n) is 32.8. The normalized spacial score (nSPS) is 13.6. The monoisotopic (exact) mass is 918 g/mol. The first-order valence-corrected chi connectivity index (χ1v) is 17.4. The van der Waals surface area contributed by atoms with E-state index in [1.165, 1.54) is 30.3 Å². The summed E-state index contributed by atoms with van der Waals surface area (Å²) in [7, 11) is 0. The van der Waals surface area contributed by atoms with Gasteiger partial charge in [0, 0.05) is 0 Å². The molecular weight excluding hydrogens is 876 g/mol. The first kappa shape index (κ1) is 51.4. The van der Waals surface area contributed by atoms with Crippen molar-refractivity contribution in [3.63, 3.8) is 0 Å². The highest BCUT2D eigenvalue weighted by Gasteiger charge is 2.35. The van der Waals surface area contributed by atoms with Gasteiger partial charge in [-0.05, 0) is 5.56 Å². The highest BCUT2D eigenvalue weighted by Crippen LogP contribution is 2.26. The molecule has 350 valence electrons. The van der Waals surface area contributed by atoms with Gasteiger partial charge in [0.05, 0.1) is 15.9 Å². The van der Waals surface area contributed by atoms with Crippen LogP contribution in [0.5, 0.6) is 0 Å². The van der Waals surface area contributed by atoms with Crippen LogP contribution in [0.3, 0.4) is 0 Å². The maximum atomic E-state index is 13.8. The number of hydrogen-bond acceptors (Lipinski definition) is 19. The minimum atomic E-state index is -2.43. The molecule has 0 spiro atoms. The van der Waals surface area contributed by atoms with Crippen molar-refractivity contribution in [1.29, 1.82) is 21.6 Å². The van der Waals surface area contributed by atoms with E-state index < -0.39 is 135 Å². The van der Waals surface area contributed by atoms with Crippen molar-refractivity contribution in [3.8, 4) is 0 Å². The molecule has 1 aromatic heterocycles. The molecule has 0 saturated carbocycles. The van der Waals surface area contributed by atoms with E-state index in [4.69, 9.17) is 56.0 Å². The fourth-order valence-corrected chi connectivity index (χ4v) is 4.66. The molecule has 65 heavy (non-hydrogen) atoms. The van der Waals surface area contributed by atoms with Crippen LogP contribution < -0.4 is 92.9 Å². The molecule has 2 aromatic rings. The van der Waals surface area contributed by atoms with Crippen LogP contribution >= 0.6 is 0 Å². The number of aliphatic hydroxyl groups excluding tert-OH is 1. The van der Waals surface area contributed by atoms with Gasteiger partial charge in [-0.3, -0.25) is 75.4 Å². The van der Waals surface area contributed by atoms with E-state index >= 15 is 0 Å². The van der Waals surface area contributed by atoms with Gasteiger partial charge in [-0.15, -0.1) is 0 Å². The van der Waals surface area contributed by atoms with Crippen LogP contribution in [0.15, 0.2) is 42.6 Å². The van der Waals surface area contributed by atoms with Gasteiger partial charge >= 0.3 is 5.69 Å². The van der Waals surface area contributed by atoms with E-state index in [1.807, 2.05) is 42.5 Å². The summed E-state index contributed by atoms with van der Waals surface area (Å²) in [6.45, 7) is 0. The Balaban J connectivity index is 2.40. The predicted molar refractivity (Wildman–Crippen MR) is 218 cm³/mol. The van der Waals surface area contributed by atoms with Crippen molar-refractivity contribution in [3.05, 3.63) is 68.4 Å². The number of aliphatic hydroxyl groups is 1. The van der Waals surface area contributed by atoms with E-state index in [1.54, 1.807) is 0 Å². The third kappa shape index (κ3) is 16.3. The van der Waals surface area contributed by atoms with Crippen molar-refractivity contribution in [2.24, 2.45) is 34.4 Å². The number of carbonyl (C=O) groups is 7. The number of nitrogens with one attached hydrogen (secondary N) is 15. The summed E-state index contributed by atoms with van der Waals surface area (Å²) >= 11 is 0. The Morgan fingerprint density at radius 1 is 0.585 bits per heavy atom. The van der Waals surface area contributed by atoms with Crippen molar-refractivity contribution < 1.29 is 48.5 Å². The van der Waals surface area contributed by atoms with E-state index in [2.05, 4.69) is 20.9 Å². The Morgan fingerprint density at radius 3 is 1.35 bits per heavy atom. The standard InChI is InChI=1S/C29H42N24O12/c30-12(13(31)54)42-20(56)15(48-26(32)33)45-22(58)17(50-28(36)37)47-23(59)18(51-29(38)39)46-21(57)16(49-27(34)35)44-19(55)11(8-4-2-1-3-5-8)41-24(60)25(61)43-14-10(53(64)65)6-9(7-40-14)52(62)63/h1-7,11-12,15-18,25,61H,30H2,(H2,31,54)(H,40,43)(H,41,60)(H,42,56)(H,44,55)(H,45,58)(H,46,57)(H,47,59)(H4,32,33,48)(H4,34,35,49)(H4,36,37,50)(H4,38,39,51). The SMILES string of the molecule is N=C(N)NC(NC(=O)C(NC(=N)N)NC(=O)C(NC(=N)N)NC(=O)C(NC(=N)N)NC(=O)C(NC(=O)C(O)Nc1ncc([N+](=O)[O-])cc1[N+](=O)[O-])c1ccccc1)C(=O)NC(N)C(N)=O. The van der Waals surface area contributed by atoms with E-state index in [0.29, 0.717) is 12.3 Å². The molecule has 7 atom stereocenters. The van der Waals surface area contributed by atoms with Crippen molar-refractivity contribution >= 4 is 82.4 Å². The molecule has 1 heterocycles. The second-order valence-corrected chi connectivity index (χ2v) is 12.4. The zero-order valence-corrected chi connectivity index (χ0v) is 32.8. The van der Waals surface area contributed by atoms with Crippen LogP contribution in [0.25, 0.3) is 0 Å². The Morgan fingerprint density at radius 2 is 0.985 bits per heavy atom. The zero-order chi connectivity index (χ0) is 49.3. The number of nitrogens with two attached hydrogens (primary N) is 6. The van der Waals surface area contributed by atoms with Gasteiger partial charge in [0.1, 0.15) is 12.2 Å². The van der Waals surface area contributed by atoms with Gasteiger partial charge in [-0.25, -0.2) is 4.98 Å². The highest BCUT2D eigenvalue weighted by molar-refractivity contribution is 6.00. The van der Waals surface area contributed by atoms with Crippen LogP contribution in [-0.4, -0.2) is 122 Å². The number of nitro groups is 2. The molecule has 28 N–H and O–H groups in total. The van der Waals surface area contributed by atoms with E-state index in [9.17, 15) is 58.9 Å². The summed E-state index contributed by atoms with van der Waals surface area (Å²) in [6, 6.07) is 5.52. The van der Waals surface area contributed by atoms with Gasteiger partial charge < -0.3 is 98.0 Å². The molecular formula is C29H42N24O12. The smallest absolute Gasteiger partial charge is 0.318 e. The number of nitrogens with zero attached hydrogens (tertiary/aromatic N) is 3. The van der Waals surface area contributed by atoms with Crippen molar-refractivity contribution in [1.82, 2.24) is 58.2 Å². The summed E-state index contributed by atoms with van der Waals surface area (Å²) in [6.07, 6.45) is -12.2. The number of anilines is 1. The van der Waals surface area contributed by atoms with Crippen LogP contribution in [-0.2, 0) is 33.6 Å². The van der Waals surface area contributed by atoms with Crippen molar-refractivity contribution in [2.45, 2.75) is 43.1 Å². The number of hydrogen-bond donors (Lipinski definition) is 22. The molecule has 0 aliphatic rings. The molecule has 36 heteroatoms. The number of pyridine rings is 1. The van der Waals surface area contributed by atoms with E-state index in [0.717, 1.165) is 0 Å². The maximum Gasteiger partial charge on any atom is 0.318 e. The fourth-order valence-electron chi connectivity index (χ4n) is 4.66. The van der Waals surface area contributed by atoms with Gasteiger partial charge in [0.15, 0.2) is 54.7 Å². The molecule has 7 amide bonds. The number of benzene rings is 1. The molecule has 0 saturated heterocycles. The lowest BCUT2D eigenvalue weighted by atomic mass is 10.1. The Labute approximate surface area is 361 Å². The Hall–Kier alpha value is -9.74. The van der Waals surface area contributed by atoms with E-state index in [-0.39, 0.29) is 5.56 Å². The lowest BCUT2D eigenvalue weighted by Crippen LogP contribution is -2.69. The summed E-state index contributed by atoms with van der Waals surface area (Å²) in [5.41, 5.74) is 29.9. The summed E-state index contributed by atoms with van der Waals surface area (Å²) in [4.78, 5) is 115. The molecule has 2 rings (SSSR count). The van der Waals surface area contributed by atoms with Crippen LogP contribution in [0.2, 0.25) is 0 Å². The molecule has 0 aliphatic carbocycles. The first-order chi connectivity index (χ1) is 30.3. The Kier molecular flexibility index (Phi) is 18.4. The van der Waals surface area contributed by atoms with Crippen LogP contribution in [0.1, 0.15) is 11.6 Å². The molecule has 36 nitrogen and oxygen atoms in total. The number of primary amides is 1. The van der Waals surface area contributed by atoms with Crippen LogP contribution in [0.4, 0.5) is 17.2 Å². The van der Waals surface area contributed by atoms with Gasteiger partial charge in [0.25, 0.3) is 41.1 Å². The summed E-state index contributed by atoms with van der Waals surface area (Å²) < 4.78 is 0. The minimum absolute atomic E-state index is 0.0290. The van der Waals surface area contributed by atoms with Crippen molar-refractivity contribution in [2.75, 3.05) is 5.32 Å². The number of aromatic nitrogens is 1. The largest absolute Gasteiger partial charge is 0.370 e. The fraction of sp³-hybridized carbons (Fsp3) is 0.241. The molecule has 0 fully saturated rings. The summed E-state index contributed by atoms with van der Waals surface area (Å²) in [5, 5.41) is 85.6. The molecule has 0 bridgehead atoms. The lowest BCUT2D eigenvalue weighted by molar-refractivity contribution is -0.394. The third-order valence-corrected chi connectivity index (χ3v) is 7.46. The average Bonchev–Trinajstić information content (AvgIpc) is 3.20. The molecule has 1 aromatic carbocycles. The predicted octanol–water partition coefficient (Wildman–Crippen LogP) is -9.93. The molecule has 0 radical (unpaired) electrons. The highest BCUT2D eigenvalue weighted by atomic mass is 16.6. The lowest BCUT2D eigenvalue weighted by Gasteiger charge is -2.28. The van der Waals surface area contributed by atoms with Gasteiger partial charge in [-0.1, -0.05) is 30.3 Å². The maximum absolute atomic E-state index is 13.8. The topological polar surface area (TPSA) is 623 Å². The molecule has 0 aliphatic heterocycles. The number of guanidine groups is 4. The second kappa shape index (κ2) is 23.3. The number of carbonyl (C=O) groups excluding carboxylic acids is 7. The van der Waals surface area contributed by atoms with Gasteiger partial charge in [-0.2, -0.15) is 0 Å². The van der Waals surface area contributed by atoms with Crippen LogP contribution in [0, 0.1) is 41.9 Å². The Bertz CT molecular complexity index is 2230. The first-order valence-electron chi connectivity index (χ1n) is 17.4. The summed E-state index contributed by atoms with van der Waals surface area (Å²) in [5.74, 6) is -14.3.